The zero-order chi connectivity index (χ0) is 13.4. The number of nitrogens with zero attached hydrogens (tertiary/aromatic N) is 1. The summed E-state index contributed by atoms with van der Waals surface area (Å²) in [5, 5.41) is 3.13. The molecule has 0 radical (unpaired) electrons. The Morgan fingerprint density at radius 3 is 2.83 bits per heavy atom. The Morgan fingerprint density at radius 2 is 2.17 bits per heavy atom. The fourth-order valence-corrected chi connectivity index (χ4v) is 3.18. The van der Waals surface area contributed by atoms with Gasteiger partial charge in [0, 0.05) is 17.6 Å². The summed E-state index contributed by atoms with van der Waals surface area (Å²) in [5.74, 6) is 0. The van der Waals surface area contributed by atoms with Crippen molar-refractivity contribution in [3.05, 3.63) is 0 Å². The van der Waals surface area contributed by atoms with Crippen LogP contribution in [-0.4, -0.2) is 34.6 Å². The summed E-state index contributed by atoms with van der Waals surface area (Å²) < 4.78 is 0. The van der Waals surface area contributed by atoms with E-state index in [0.29, 0.717) is 0 Å². The van der Waals surface area contributed by atoms with Gasteiger partial charge >= 0.3 is 6.03 Å². The fraction of sp³-hybridized carbons (Fsp3) is 0.929. The quantitative estimate of drug-likeness (QED) is 0.793. The molecule has 1 aliphatic heterocycles. The molecule has 2 fully saturated rings. The molecule has 2 unspecified atom stereocenters. The average Bonchev–Trinajstić information content (AvgIpc) is 2.66. The van der Waals surface area contributed by atoms with Crippen molar-refractivity contribution in [1.29, 1.82) is 0 Å². The minimum atomic E-state index is -0.133. The first-order chi connectivity index (χ1) is 8.38. The van der Waals surface area contributed by atoms with Crippen LogP contribution in [0.3, 0.4) is 0 Å². The highest BCUT2D eigenvalue weighted by atomic mass is 16.2. The van der Waals surface area contributed by atoms with E-state index >= 15 is 0 Å². The molecule has 2 atom stereocenters. The number of urea groups is 1. The minimum Gasteiger partial charge on any atom is -0.333 e. The molecule has 0 aromatic rings. The molecule has 1 heterocycles. The Bertz CT molecular complexity index is 329. The summed E-state index contributed by atoms with van der Waals surface area (Å²) in [6.45, 7) is 7.04. The van der Waals surface area contributed by atoms with E-state index < -0.39 is 0 Å². The summed E-state index contributed by atoms with van der Waals surface area (Å²) in [4.78, 5) is 14.4. The van der Waals surface area contributed by atoms with Gasteiger partial charge < -0.3 is 16.0 Å². The van der Waals surface area contributed by atoms with Gasteiger partial charge in [0.1, 0.15) is 0 Å². The van der Waals surface area contributed by atoms with E-state index in [1.165, 1.54) is 12.8 Å². The van der Waals surface area contributed by atoms with Crippen molar-refractivity contribution in [2.45, 2.75) is 76.4 Å². The van der Waals surface area contributed by atoms with Crippen LogP contribution in [0.15, 0.2) is 0 Å². The standard InChI is InChI=1S/C14H27N3O/c1-4-13(2,3)16-12(18)17-10-9-14(15)8-6-5-7-11(14)17/h11H,4-10,15H2,1-3H3,(H,16,18). The molecule has 4 nitrogen and oxygen atoms in total. The summed E-state index contributed by atoms with van der Waals surface area (Å²) in [7, 11) is 0. The number of fused-ring (bicyclic) bond motifs is 1. The van der Waals surface area contributed by atoms with Crippen molar-refractivity contribution in [3.8, 4) is 0 Å². The van der Waals surface area contributed by atoms with Crippen molar-refractivity contribution in [3.63, 3.8) is 0 Å². The molecule has 2 aliphatic rings. The second-order valence-corrected chi connectivity index (χ2v) is 6.61. The number of carbonyl (C=O) groups is 1. The van der Waals surface area contributed by atoms with Crippen molar-refractivity contribution < 1.29 is 4.79 Å². The number of amides is 2. The molecule has 0 aromatic carbocycles. The first-order valence-electron chi connectivity index (χ1n) is 7.26. The van der Waals surface area contributed by atoms with Gasteiger partial charge in [-0.3, -0.25) is 0 Å². The van der Waals surface area contributed by atoms with Crippen LogP contribution in [0.1, 0.15) is 59.3 Å². The Kier molecular flexibility index (Phi) is 3.58. The predicted octanol–water partition coefficient (Wildman–Crippen LogP) is 2.23. The minimum absolute atomic E-state index is 0.0704. The summed E-state index contributed by atoms with van der Waals surface area (Å²) in [5.41, 5.74) is 6.21. The number of likely N-dealkylation sites (tertiary alicyclic amines) is 1. The van der Waals surface area contributed by atoms with Gasteiger partial charge in [-0.25, -0.2) is 4.79 Å². The topological polar surface area (TPSA) is 58.4 Å². The highest BCUT2D eigenvalue weighted by Gasteiger charge is 2.47. The Morgan fingerprint density at radius 1 is 1.44 bits per heavy atom. The number of rotatable bonds is 2. The van der Waals surface area contributed by atoms with Gasteiger partial charge in [0.05, 0.1) is 6.04 Å². The molecule has 4 heteroatoms. The first-order valence-corrected chi connectivity index (χ1v) is 7.26. The molecule has 0 bridgehead atoms. The second kappa shape index (κ2) is 4.72. The van der Waals surface area contributed by atoms with Gasteiger partial charge in [0.2, 0.25) is 0 Å². The normalized spacial score (nSPS) is 32.2. The lowest BCUT2D eigenvalue weighted by molar-refractivity contribution is 0.150. The number of nitrogens with one attached hydrogen (secondary N) is 1. The fourth-order valence-electron chi connectivity index (χ4n) is 3.18. The van der Waals surface area contributed by atoms with Crippen LogP contribution in [0.5, 0.6) is 0 Å². The van der Waals surface area contributed by atoms with E-state index in [2.05, 4.69) is 26.1 Å². The molecule has 1 saturated carbocycles. The van der Waals surface area contributed by atoms with E-state index in [0.717, 1.165) is 32.2 Å². The van der Waals surface area contributed by atoms with Gasteiger partial charge in [-0.2, -0.15) is 0 Å². The second-order valence-electron chi connectivity index (χ2n) is 6.61. The number of hydrogen-bond acceptors (Lipinski definition) is 2. The van der Waals surface area contributed by atoms with Crippen LogP contribution >= 0.6 is 0 Å². The van der Waals surface area contributed by atoms with Crippen LogP contribution in [0.2, 0.25) is 0 Å². The van der Waals surface area contributed by atoms with Crippen molar-refractivity contribution in [2.24, 2.45) is 5.73 Å². The summed E-state index contributed by atoms with van der Waals surface area (Å²) in [6, 6.07) is 0.319. The monoisotopic (exact) mass is 253 g/mol. The third kappa shape index (κ3) is 2.48. The van der Waals surface area contributed by atoms with Crippen LogP contribution in [0, 0.1) is 0 Å². The van der Waals surface area contributed by atoms with Gasteiger partial charge in [-0.15, -0.1) is 0 Å². The third-order valence-corrected chi connectivity index (χ3v) is 4.82. The van der Waals surface area contributed by atoms with Gasteiger partial charge in [-0.05, 0) is 39.5 Å². The zero-order valence-corrected chi connectivity index (χ0v) is 12.0. The summed E-state index contributed by atoms with van der Waals surface area (Å²) >= 11 is 0. The van der Waals surface area contributed by atoms with Crippen LogP contribution < -0.4 is 11.1 Å². The maximum atomic E-state index is 12.4. The third-order valence-electron chi connectivity index (χ3n) is 4.82. The molecule has 18 heavy (non-hydrogen) atoms. The predicted molar refractivity (Wildman–Crippen MR) is 73.4 cm³/mol. The lowest BCUT2D eigenvalue weighted by Crippen LogP contribution is -2.58. The lowest BCUT2D eigenvalue weighted by Gasteiger charge is -2.40. The Balaban J connectivity index is 2.04. The smallest absolute Gasteiger partial charge is 0.318 e. The first kappa shape index (κ1) is 13.7. The average molecular weight is 253 g/mol. The molecule has 0 spiro atoms. The molecule has 2 amide bonds. The summed E-state index contributed by atoms with van der Waals surface area (Å²) in [6.07, 6.45) is 6.44. The van der Waals surface area contributed by atoms with Crippen molar-refractivity contribution in [1.82, 2.24) is 10.2 Å². The van der Waals surface area contributed by atoms with Crippen LogP contribution in [-0.2, 0) is 0 Å². The maximum Gasteiger partial charge on any atom is 0.318 e. The maximum absolute atomic E-state index is 12.4. The Labute approximate surface area is 110 Å². The zero-order valence-electron chi connectivity index (χ0n) is 12.0. The number of nitrogens with two attached hydrogens (primary N) is 1. The van der Waals surface area contributed by atoms with E-state index in [1.54, 1.807) is 0 Å². The van der Waals surface area contributed by atoms with E-state index in [1.807, 2.05) is 4.90 Å². The highest BCUT2D eigenvalue weighted by molar-refractivity contribution is 5.76. The lowest BCUT2D eigenvalue weighted by atomic mass is 9.78. The molecular formula is C14H27N3O. The molecule has 1 aliphatic carbocycles. The number of hydrogen-bond donors (Lipinski definition) is 2. The van der Waals surface area contributed by atoms with Crippen LogP contribution in [0.4, 0.5) is 4.79 Å². The molecule has 1 saturated heterocycles. The SMILES string of the molecule is CCC(C)(C)NC(=O)N1CCC2(N)CCCCC12. The Hall–Kier alpha value is -0.770. The van der Waals surface area contributed by atoms with Crippen LogP contribution in [0.25, 0.3) is 0 Å². The van der Waals surface area contributed by atoms with E-state index in [-0.39, 0.29) is 23.2 Å². The molecule has 104 valence electrons. The molecule has 2 rings (SSSR count). The molecular weight excluding hydrogens is 226 g/mol. The van der Waals surface area contributed by atoms with Gasteiger partial charge in [0.15, 0.2) is 0 Å². The highest BCUT2D eigenvalue weighted by Crippen LogP contribution is 2.38. The largest absolute Gasteiger partial charge is 0.333 e. The molecule has 3 N–H and O–H groups in total. The van der Waals surface area contributed by atoms with Gasteiger partial charge in [-0.1, -0.05) is 19.8 Å². The van der Waals surface area contributed by atoms with Crippen molar-refractivity contribution in [2.75, 3.05) is 6.54 Å². The van der Waals surface area contributed by atoms with E-state index in [4.69, 9.17) is 5.73 Å². The van der Waals surface area contributed by atoms with Crippen molar-refractivity contribution >= 4 is 6.03 Å². The van der Waals surface area contributed by atoms with E-state index in [9.17, 15) is 4.79 Å². The van der Waals surface area contributed by atoms with Gasteiger partial charge in [0.25, 0.3) is 0 Å². The molecule has 0 aromatic heterocycles. The number of carbonyl (C=O) groups excluding carboxylic acids is 1.